The minimum absolute atomic E-state index is 1.03. The Balaban J connectivity index is 1.61. The topological polar surface area (TPSA) is 9.72 Å². The number of hydrogen-bond acceptors (Lipinski definition) is 3. The molecule has 0 atom stereocenters. The quantitative estimate of drug-likeness (QED) is 0.741. The number of benzene rings is 2. The molecular formula is C20H26BrN3. The molecule has 3 rings (SSSR count). The Morgan fingerprint density at radius 2 is 0.958 bits per heavy atom. The van der Waals surface area contributed by atoms with Crippen molar-refractivity contribution in [1.29, 1.82) is 0 Å². The van der Waals surface area contributed by atoms with E-state index >= 15 is 0 Å². The van der Waals surface area contributed by atoms with Crippen LogP contribution in [0, 0.1) is 0 Å². The predicted molar refractivity (Wildman–Crippen MR) is 104 cm³/mol. The first-order valence-corrected chi connectivity index (χ1v) is 9.44. The maximum atomic E-state index is 3.71. The van der Waals surface area contributed by atoms with E-state index in [0.29, 0.717) is 0 Å². The van der Waals surface area contributed by atoms with Crippen LogP contribution in [-0.4, -0.2) is 53.0 Å². The van der Waals surface area contributed by atoms with Gasteiger partial charge in [0.25, 0.3) is 0 Å². The lowest BCUT2D eigenvalue weighted by Gasteiger charge is -2.26. The summed E-state index contributed by atoms with van der Waals surface area (Å²) in [6.45, 7) is 8.60. The molecule has 1 heterocycles. The molecule has 2 aromatic rings. The summed E-state index contributed by atoms with van der Waals surface area (Å²) in [4.78, 5) is 5.12. The molecule has 0 aromatic heterocycles. The molecule has 1 aliphatic heterocycles. The SMILES string of the molecule is BrN1CCN(Cc2ccccc2)CCN(Cc2ccccc2)CC1. The Morgan fingerprint density at radius 3 is 1.38 bits per heavy atom. The van der Waals surface area contributed by atoms with Crippen LogP contribution in [0.25, 0.3) is 0 Å². The molecule has 0 amide bonds. The van der Waals surface area contributed by atoms with Gasteiger partial charge >= 0.3 is 0 Å². The summed E-state index contributed by atoms with van der Waals surface area (Å²) < 4.78 is 2.27. The summed E-state index contributed by atoms with van der Waals surface area (Å²) >= 11 is 3.71. The molecule has 1 saturated heterocycles. The van der Waals surface area contributed by atoms with Crippen LogP contribution >= 0.6 is 16.1 Å². The van der Waals surface area contributed by atoms with Crippen molar-refractivity contribution in [3.05, 3.63) is 71.8 Å². The first-order chi connectivity index (χ1) is 11.8. The van der Waals surface area contributed by atoms with Crippen molar-refractivity contribution < 1.29 is 0 Å². The van der Waals surface area contributed by atoms with E-state index in [1.807, 2.05) is 0 Å². The maximum Gasteiger partial charge on any atom is 0.0234 e. The Kier molecular flexibility index (Phi) is 6.85. The van der Waals surface area contributed by atoms with E-state index < -0.39 is 0 Å². The maximum absolute atomic E-state index is 3.71. The Morgan fingerprint density at radius 1 is 0.583 bits per heavy atom. The zero-order chi connectivity index (χ0) is 16.6. The van der Waals surface area contributed by atoms with E-state index in [-0.39, 0.29) is 0 Å². The first kappa shape index (κ1) is 17.6. The summed E-state index contributed by atoms with van der Waals surface area (Å²) in [5.41, 5.74) is 2.79. The standard InChI is InChI=1S/C20H26BrN3/c21-24-15-13-22(17-19-7-3-1-4-8-19)11-12-23(14-16-24)18-20-9-5-2-6-10-20/h1-10H,11-18H2. The molecule has 0 radical (unpaired) electrons. The third-order valence-corrected chi connectivity index (χ3v) is 5.26. The minimum atomic E-state index is 1.03. The van der Waals surface area contributed by atoms with Crippen LogP contribution in [0.4, 0.5) is 0 Å². The lowest BCUT2D eigenvalue weighted by Crippen LogP contribution is -2.35. The Bertz CT molecular complexity index is 537. The van der Waals surface area contributed by atoms with Crippen LogP contribution in [0.3, 0.4) is 0 Å². The van der Waals surface area contributed by atoms with Crippen LogP contribution in [-0.2, 0) is 13.1 Å². The smallest absolute Gasteiger partial charge is 0.0234 e. The van der Waals surface area contributed by atoms with Gasteiger partial charge in [-0.25, -0.2) is 3.93 Å². The van der Waals surface area contributed by atoms with Crippen molar-refractivity contribution in [3.63, 3.8) is 0 Å². The number of halogens is 1. The molecule has 3 nitrogen and oxygen atoms in total. The van der Waals surface area contributed by atoms with Gasteiger partial charge in [0.1, 0.15) is 0 Å². The second kappa shape index (κ2) is 9.33. The van der Waals surface area contributed by atoms with Gasteiger partial charge in [-0.05, 0) is 11.1 Å². The average Bonchev–Trinajstić information content (AvgIpc) is 2.70. The highest BCUT2D eigenvalue weighted by atomic mass is 79.9. The molecule has 0 spiro atoms. The molecule has 0 bridgehead atoms. The van der Waals surface area contributed by atoms with Gasteiger partial charge < -0.3 is 0 Å². The zero-order valence-corrected chi connectivity index (χ0v) is 15.7. The van der Waals surface area contributed by atoms with Gasteiger partial charge in [0.15, 0.2) is 0 Å². The van der Waals surface area contributed by atoms with E-state index in [1.54, 1.807) is 0 Å². The van der Waals surface area contributed by atoms with Crippen molar-refractivity contribution in [3.8, 4) is 0 Å². The van der Waals surface area contributed by atoms with Gasteiger partial charge in [-0.1, -0.05) is 60.7 Å². The molecule has 0 N–H and O–H groups in total. The Hall–Kier alpha value is -1.20. The monoisotopic (exact) mass is 387 g/mol. The van der Waals surface area contributed by atoms with Crippen molar-refractivity contribution in [2.75, 3.05) is 39.3 Å². The largest absolute Gasteiger partial charge is 0.297 e. The highest BCUT2D eigenvalue weighted by Gasteiger charge is 2.15. The van der Waals surface area contributed by atoms with Gasteiger partial charge in [0.05, 0.1) is 0 Å². The Labute approximate surface area is 154 Å². The van der Waals surface area contributed by atoms with Crippen LogP contribution in [0.15, 0.2) is 60.7 Å². The fourth-order valence-electron chi connectivity index (χ4n) is 3.12. The molecule has 24 heavy (non-hydrogen) atoms. The molecule has 4 heteroatoms. The molecule has 2 aromatic carbocycles. The van der Waals surface area contributed by atoms with E-state index in [0.717, 1.165) is 52.4 Å². The minimum Gasteiger partial charge on any atom is -0.297 e. The fraction of sp³-hybridized carbons (Fsp3) is 0.400. The fourth-order valence-corrected chi connectivity index (χ4v) is 3.43. The van der Waals surface area contributed by atoms with Crippen molar-refractivity contribution >= 4 is 16.1 Å². The van der Waals surface area contributed by atoms with Gasteiger partial charge in [0.2, 0.25) is 0 Å². The molecule has 128 valence electrons. The van der Waals surface area contributed by atoms with Crippen LogP contribution in [0.5, 0.6) is 0 Å². The third-order valence-electron chi connectivity index (χ3n) is 4.55. The highest BCUT2D eigenvalue weighted by molar-refractivity contribution is 9.07. The third kappa shape index (κ3) is 5.71. The predicted octanol–water partition coefficient (Wildman–Crippen LogP) is 3.62. The van der Waals surface area contributed by atoms with Gasteiger partial charge in [0, 0.05) is 68.5 Å². The number of nitrogens with zero attached hydrogens (tertiary/aromatic N) is 3. The second-order valence-corrected chi connectivity index (χ2v) is 7.44. The lowest BCUT2D eigenvalue weighted by atomic mass is 10.2. The van der Waals surface area contributed by atoms with Gasteiger partial charge in [-0.15, -0.1) is 0 Å². The molecule has 0 unspecified atom stereocenters. The average molecular weight is 388 g/mol. The number of rotatable bonds is 4. The van der Waals surface area contributed by atoms with Crippen molar-refractivity contribution in [2.24, 2.45) is 0 Å². The molecular weight excluding hydrogens is 362 g/mol. The summed E-state index contributed by atoms with van der Waals surface area (Å²) in [5.74, 6) is 0. The van der Waals surface area contributed by atoms with Gasteiger partial charge in [-0.3, -0.25) is 9.80 Å². The second-order valence-electron chi connectivity index (χ2n) is 6.43. The summed E-state index contributed by atoms with van der Waals surface area (Å²) in [7, 11) is 0. The highest BCUT2D eigenvalue weighted by Crippen LogP contribution is 2.11. The van der Waals surface area contributed by atoms with Crippen LogP contribution in [0.1, 0.15) is 11.1 Å². The first-order valence-electron chi connectivity index (χ1n) is 8.73. The normalized spacial score (nSPS) is 18.7. The van der Waals surface area contributed by atoms with Gasteiger partial charge in [-0.2, -0.15) is 0 Å². The lowest BCUT2D eigenvalue weighted by molar-refractivity contribution is 0.209. The molecule has 0 aliphatic carbocycles. The van der Waals surface area contributed by atoms with Crippen molar-refractivity contribution in [1.82, 2.24) is 13.7 Å². The van der Waals surface area contributed by atoms with Crippen LogP contribution < -0.4 is 0 Å². The van der Waals surface area contributed by atoms with E-state index in [1.165, 1.54) is 11.1 Å². The number of hydrogen-bond donors (Lipinski definition) is 0. The van der Waals surface area contributed by atoms with Crippen molar-refractivity contribution in [2.45, 2.75) is 13.1 Å². The molecule has 1 fully saturated rings. The molecule has 0 saturated carbocycles. The van der Waals surface area contributed by atoms with E-state index in [4.69, 9.17) is 0 Å². The van der Waals surface area contributed by atoms with E-state index in [9.17, 15) is 0 Å². The van der Waals surface area contributed by atoms with Crippen LogP contribution in [0.2, 0.25) is 0 Å². The molecule has 1 aliphatic rings. The zero-order valence-electron chi connectivity index (χ0n) is 14.1. The summed E-state index contributed by atoms with van der Waals surface area (Å²) in [6, 6.07) is 21.6. The summed E-state index contributed by atoms with van der Waals surface area (Å²) in [6.07, 6.45) is 0. The summed E-state index contributed by atoms with van der Waals surface area (Å²) in [5, 5.41) is 0. The van der Waals surface area contributed by atoms with E-state index in [2.05, 4.69) is 90.5 Å².